The maximum atomic E-state index is 9.12. The lowest BCUT2D eigenvalue weighted by Crippen LogP contribution is -2.18. The van der Waals surface area contributed by atoms with E-state index in [4.69, 9.17) is 5.11 Å². The van der Waals surface area contributed by atoms with Crippen LogP contribution in [-0.4, -0.2) is 28.8 Å². The van der Waals surface area contributed by atoms with Crippen molar-refractivity contribution in [2.75, 3.05) is 19.0 Å². The van der Waals surface area contributed by atoms with Crippen LogP contribution in [-0.2, 0) is 26.7 Å². The maximum absolute atomic E-state index is 9.12. The highest BCUT2D eigenvalue weighted by molar-refractivity contribution is 5.31. The van der Waals surface area contributed by atoms with E-state index in [0.29, 0.717) is 0 Å². The predicted molar refractivity (Wildman–Crippen MR) is 80.4 cm³/mol. The number of imidazole rings is 1. The summed E-state index contributed by atoms with van der Waals surface area (Å²) in [4.78, 5) is 6.38. The third kappa shape index (κ3) is 3.37. The van der Waals surface area contributed by atoms with E-state index < -0.39 is 0 Å². The van der Waals surface area contributed by atoms with Crippen LogP contribution >= 0.6 is 0 Å². The fraction of sp³-hybridized carbons (Fsp3) is 0.400. The van der Waals surface area contributed by atoms with Crippen LogP contribution in [0.15, 0.2) is 30.5 Å². The van der Waals surface area contributed by atoms with E-state index in [-0.39, 0.29) is 6.61 Å². The number of nitrogens with zero attached hydrogens (tertiary/aromatic N) is 3. The largest absolute Gasteiger partial charge is 0.392 e. The van der Waals surface area contributed by atoms with Crippen LogP contribution in [0.25, 0.3) is 0 Å². The molecule has 1 aromatic heterocycles. The molecule has 0 spiro atoms. The van der Waals surface area contributed by atoms with E-state index >= 15 is 0 Å². The highest BCUT2D eigenvalue weighted by atomic mass is 16.3. The van der Waals surface area contributed by atoms with Gasteiger partial charge >= 0.3 is 0 Å². The van der Waals surface area contributed by atoms with Gasteiger partial charge in [-0.15, -0.1) is 0 Å². The first-order valence-corrected chi connectivity index (χ1v) is 6.69. The Morgan fingerprint density at radius 3 is 2.65 bits per heavy atom. The molecular formula is C15H22N4O. The van der Waals surface area contributed by atoms with Crippen molar-refractivity contribution in [3.8, 4) is 0 Å². The highest BCUT2D eigenvalue weighted by Crippen LogP contribution is 2.11. The van der Waals surface area contributed by atoms with Crippen molar-refractivity contribution < 1.29 is 5.11 Å². The number of aliphatic hydroxyl groups is 1. The van der Waals surface area contributed by atoms with Crippen molar-refractivity contribution in [1.82, 2.24) is 14.9 Å². The van der Waals surface area contributed by atoms with E-state index in [1.54, 1.807) is 0 Å². The van der Waals surface area contributed by atoms with E-state index in [9.17, 15) is 0 Å². The second-order valence-corrected chi connectivity index (χ2v) is 5.08. The molecule has 2 aromatic rings. The van der Waals surface area contributed by atoms with Crippen LogP contribution in [0.2, 0.25) is 0 Å². The van der Waals surface area contributed by atoms with E-state index in [0.717, 1.165) is 30.3 Å². The molecule has 5 nitrogen and oxygen atoms in total. The Balaban J connectivity index is 1.92. The molecule has 0 fully saturated rings. The zero-order chi connectivity index (χ0) is 14.5. The van der Waals surface area contributed by atoms with Gasteiger partial charge in [-0.25, -0.2) is 4.98 Å². The topological polar surface area (TPSA) is 53.3 Å². The fourth-order valence-corrected chi connectivity index (χ4v) is 2.19. The summed E-state index contributed by atoms with van der Waals surface area (Å²) < 4.78 is 2.08. The van der Waals surface area contributed by atoms with Crippen molar-refractivity contribution >= 4 is 5.95 Å². The van der Waals surface area contributed by atoms with E-state index in [1.807, 2.05) is 50.4 Å². The van der Waals surface area contributed by atoms with Crippen LogP contribution < -0.4 is 10.2 Å². The lowest BCUT2D eigenvalue weighted by atomic mass is 10.1. The van der Waals surface area contributed by atoms with E-state index in [2.05, 4.69) is 20.9 Å². The summed E-state index contributed by atoms with van der Waals surface area (Å²) in [6.07, 6.45) is 1.90. The average molecular weight is 274 g/mol. The number of benzene rings is 1. The highest BCUT2D eigenvalue weighted by Gasteiger charge is 2.07. The normalized spacial score (nSPS) is 10.8. The molecule has 0 aliphatic heterocycles. The number of anilines is 1. The van der Waals surface area contributed by atoms with Crippen molar-refractivity contribution in [2.24, 2.45) is 7.05 Å². The number of hydrogen-bond acceptors (Lipinski definition) is 4. The van der Waals surface area contributed by atoms with Crippen molar-refractivity contribution in [3.63, 3.8) is 0 Å². The summed E-state index contributed by atoms with van der Waals surface area (Å²) in [7, 11) is 5.99. The number of nitrogens with one attached hydrogen (secondary N) is 1. The van der Waals surface area contributed by atoms with Gasteiger partial charge in [0.1, 0.15) is 0 Å². The van der Waals surface area contributed by atoms with Crippen molar-refractivity contribution in [1.29, 1.82) is 0 Å². The summed E-state index contributed by atoms with van der Waals surface area (Å²) in [6.45, 7) is 1.62. The zero-order valence-corrected chi connectivity index (χ0v) is 12.3. The number of aromatic nitrogens is 2. The molecular weight excluding hydrogens is 252 g/mol. The quantitative estimate of drug-likeness (QED) is 0.833. The molecule has 1 heterocycles. The van der Waals surface area contributed by atoms with Gasteiger partial charge in [0.15, 0.2) is 0 Å². The SMILES string of the molecule is CN(C)c1ncc(CNCc2cccc(CO)c2)n1C. The first-order valence-electron chi connectivity index (χ1n) is 6.69. The Hall–Kier alpha value is -1.85. The first kappa shape index (κ1) is 14.6. The molecule has 0 aliphatic carbocycles. The Morgan fingerprint density at radius 1 is 1.25 bits per heavy atom. The van der Waals surface area contributed by atoms with Crippen LogP contribution in [0, 0.1) is 0 Å². The van der Waals surface area contributed by atoms with Gasteiger partial charge in [0.25, 0.3) is 0 Å². The van der Waals surface area contributed by atoms with Gasteiger partial charge in [0.2, 0.25) is 5.95 Å². The minimum Gasteiger partial charge on any atom is -0.392 e. The predicted octanol–water partition coefficient (Wildman–Crippen LogP) is 1.27. The molecule has 5 heteroatoms. The molecule has 2 N–H and O–H groups in total. The van der Waals surface area contributed by atoms with Gasteiger partial charge in [0, 0.05) is 34.2 Å². The minimum absolute atomic E-state index is 0.0851. The second kappa shape index (κ2) is 6.54. The molecule has 0 saturated carbocycles. The van der Waals surface area contributed by atoms with Gasteiger partial charge in [0.05, 0.1) is 18.5 Å². The summed E-state index contributed by atoms with van der Waals surface area (Å²) in [5, 5.41) is 12.5. The fourth-order valence-electron chi connectivity index (χ4n) is 2.19. The summed E-state index contributed by atoms with van der Waals surface area (Å²) in [5.74, 6) is 0.948. The molecule has 0 unspecified atom stereocenters. The maximum Gasteiger partial charge on any atom is 0.204 e. The molecule has 108 valence electrons. The summed E-state index contributed by atoms with van der Waals surface area (Å²) >= 11 is 0. The number of aliphatic hydroxyl groups excluding tert-OH is 1. The number of rotatable bonds is 6. The van der Waals surface area contributed by atoms with Gasteiger partial charge in [-0.2, -0.15) is 0 Å². The van der Waals surface area contributed by atoms with Gasteiger partial charge in [-0.05, 0) is 11.1 Å². The number of hydrogen-bond donors (Lipinski definition) is 2. The zero-order valence-electron chi connectivity index (χ0n) is 12.3. The minimum atomic E-state index is 0.0851. The van der Waals surface area contributed by atoms with Crippen molar-refractivity contribution in [3.05, 3.63) is 47.3 Å². The molecule has 0 saturated heterocycles. The molecule has 20 heavy (non-hydrogen) atoms. The van der Waals surface area contributed by atoms with Crippen molar-refractivity contribution in [2.45, 2.75) is 19.7 Å². The Bertz CT molecular complexity index is 563. The average Bonchev–Trinajstić information content (AvgIpc) is 2.81. The summed E-state index contributed by atoms with van der Waals surface area (Å²) in [6, 6.07) is 7.97. The molecule has 0 atom stereocenters. The van der Waals surface area contributed by atoms with Gasteiger partial charge in [-0.1, -0.05) is 24.3 Å². The molecule has 0 bridgehead atoms. The standard InChI is InChI=1S/C15H22N4O/c1-18(2)15-17-10-14(19(15)3)9-16-8-12-5-4-6-13(7-12)11-20/h4-7,10,16,20H,8-9,11H2,1-3H3. The molecule has 0 amide bonds. The van der Waals surface area contributed by atoms with Crippen LogP contribution in [0.5, 0.6) is 0 Å². The van der Waals surface area contributed by atoms with Gasteiger partial charge in [-0.3, -0.25) is 0 Å². The Labute approximate surface area is 119 Å². The Kier molecular flexibility index (Phi) is 4.76. The monoisotopic (exact) mass is 274 g/mol. The summed E-state index contributed by atoms with van der Waals surface area (Å²) in [5.41, 5.74) is 3.26. The molecule has 1 aromatic carbocycles. The van der Waals surface area contributed by atoms with E-state index in [1.165, 1.54) is 5.56 Å². The molecule has 0 radical (unpaired) electrons. The molecule has 0 aliphatic rings. The Morgan fingerprint density at radius 2 is 2.00 bits per heavy atom. The van der Waals surface area contributed by atoms with Crippen LogP contribution in [0.4, 0.5) is 5.95 Å². The first-order chi connectivity index (χ1) is 9.61. The molecule has 2 rings (SSSR count). The second-order valence-electron chi connectivity index (χ2n) is 5.08. The lowest BCUT2D eigenvalue weighted by molar-refractivity contribution is 0.281. The van der Waals surface area contributed by atoms with Crippen LogP contribution in [0.3, 0.4) is 0 Å². The third-order valence-corrected chi connectivity index (χ3v) is 3.27. The van der Waals surface area contributed by atoms with Gasteiger partial charge < -0.3 is 19.9 Å². The third-order valence-electron chi connectivity index (χ3n) is 3.27. The smallest absolute Gasteiger partial charge is 0.204 e. The lowest BCUT2D eigenvalue weighted by Gasteiger charge is -2.13. The van der Waals surface area contributed by atoms with Crippen LogP contribution in [0.1, 0.15) is 16.8 Å².